The fraction of sp³-hybridized carbons (Fsp3) is 0.188. The van der Waals surface area contributed by atoms with E-state index in [0.29, 0.717) is 12.8 Å². The largest absolute Gasteiger partial charge is 0.434 e. The second kappa shape index (κ2) is 5.63. The van der Waals surface area contributed by atoms with E-state index in [1.54, 1.807) is 0 Å². The number of oxazole rings is 1. The van der Waals surface area contributed by atoms with Crippen LogP contribution in [-0.2, 0) is 0 Å². The number of benzene rings is 1. The van der Waals surface area contributed by atoms with E-state index in [-0.39, 0.29) is 34.2 Å². The summed E-state index contributed by atoms with van der Waals surface area (Å²) >= 11 is 0. The average Bonchev–Trinajstić information content (AvgIpc) is 2.89. The fourth-order valence-electron chi connectivity index (χ4n) is 2.14. The van der Waals surface area contributed by atoms with Crippen molar-refractivity contribution in [2.75, 3.05) is 0 Å². The van der Waals surface area contributed by atoms with Gasteiger partial charge in [0.1, 0.15) is 22.9 Å². The second-order valence-corrected chi connectivity index (χ2v) is 4.81. The third-order valence-electron chi connectivity index (χ3n) is 3.19. The number of hydrogen-bond acceptors (Lipinski definition) is 4. The molecule has 0 aliphatic carbocycles. The van der Waals surface area contributed by atoms with Gasteiger partial charge >= 0.3 is 0 Å². The number of fused-ring (bicyclic) bond motifs is 1. The first kappa shape index (κ1) is 14.3. The minimum absolute atomic E-state index is 0.106. The quantitative estimate of drug-likeness (QED) is 0.679. The van der Waals surface area contributed by atoms with Gasteiger partial charge in [-0.15, -0.1) is 0 Å². The molecule has 0 atom stereocenters. The summed E-state index contributed by atoms with van der Waals surface area (Å²) in [6.07, 6.45) is 1.09. The smallest absolute Gasteiger partial charge is 0.234 e. The van der Waals surface area contributed by atoms with Gasteiger partial charge in [0.15, 0.2) is 17.0 Å². The molecule has 22 heavy (non-hydrogen) atoms. The standard InChI is InChI=1S/C16H12F2N2O2/c1-2-4-12(21)11-7-8-13-15(19-11)20-16(22-13)14-9(17)5-3-6-10(14)18/h3,5-8H,2,4H2,1H3. The monoisotopic (exact) mass is 302 g/mol. The molecule has 112 valence electrons. The lowest BCUT2D eigenvalue weighted by molar-refractivity contribution is 0.0977. The molecular formula is C16H12F2N2O2. The van der Waals surface area contributed by atoms with Gasteiger partial charge in [0.25, 0.3) is 0 Å². The van der Waals surface area contributed by atoms with Crippen LogP contribution in [0.25, 0.3) is 22.7 Å². The Morgan fingerprint density at radius 2 is 1.86 bits per heavy atom. The molecule has 1 aromatic carbocycles. The molecule has 4 nitrogen and oxygen atoms in total. The highest BCUT2D eigenvalue weighted by Crippen LogP contribution is 2.28. The van der Waals surface area contributed by atoms with Gasteiger partial charge in [-0.25, -0.2) is 13.8 Å². The molecule has 0 radical (unpaired) electrons. The minimum atomic E-state index is -0.770. The Morgan fingerprint density at radius 3 is 2.55 bits per heavy atom. The van der Waals surface area contributed by atoms with Gasteiger partial charge in [-0.1, -0.05) is 13.0 Å². The van der Waals surface area contributed by atoms with Crippen LogP contribution in [0.2, 0.25) is 0 Å². The Balaban J connectivity index is 2.09. The normalized spacial score (nSPS) is 11.0. The molecule has 0 aliphatic rings. The van der Waals surface area contributed by atoms with Gasteiger partial charge in [0.05, 0.1) is 0 Å². The predicted molar refractivity (Wildman–Crippen MR) is 76.4 cm³/mol. The maximum atomic E-state index is 13.8. The molecule has 2 aromatic heterocycles. The van der Waals surface area contributed by atoms with Crippen molar-refractivity contribution in [3.8, 4) is 11.5 Å². The molecule has 0 unspecified atom stereocenters. The molecule has 0 N–H and O–H groups in total. The summed E-state index contributed by atoms with van der Waals surface area (Å²) in [5.74, 6) is -1.84. The van der Waals surface area contributed by atoms with Crippen molar-refractivity contribution in [2.45, 2.75) is 19.8 Å². The Kier molecular flexibility index (Phi) is 3.66. The number of carbonyl (C=O) groups excluding carboxylic acids is 1. The summed E-state index contributed by atoms with van der Waals surface area (Å²) in [7, 11) is 0. The van der Waals surface area contributed by atoms with Gasteiger partial charge in [0.2, 0.25) is 5.89 Å². The highest BCUT2D eigenvalue weighted by molar-refractivity contribution is 5.95. The first-order valence-electron chi connectivity index (χ1n) is 6.85. The van der Waals surface area contributed by atoms with E-state index < -0.39 is 11.6 Å². The second-order valence-electron chi connectivity index (χ2n) is 4.81. The van der Waals surface area contributed by atoms with E-state index in [0.717, 1.165) is 12.1 Å². The molecule has 0 saturated carbocycles. The van der Waals surface area contributed by atoms with Gasteiger partial charge in [0, 0.05) is 6.42 Å². The van der Waals surface area contributed by atoms with Gasteiger partial charge in [-0.3, -0.25) is 4.79 Å². The Bertz CT molecular complexity index is 838. The number of Topliss-reactive ketones (excluding diaryl/α,β-unsaturated/α-hetero) is 1. The SMILES string of the molecule is CCCC(=O)c1ccc2oc(-c3c(F)cccc3F)nc2n1. The van der Waals surface area contributed by atoms with Crippen molar-refractivity contribution in [3.63, 3.8) is 0 Å². The summed E-state index contributed by atoms with van der Waals surface area (Å²) in [5.41, 5.74) is 0.343. The fourth-order valence-corrected chi connectivity index (χ4v) is 2.14. The van der Waals surface area contributed by atoms with Crippen LogP contribution in [0.5, 0.6) is 0 Å². The van der Waals surface area contributed by atoms with Crippen molar-refractivity contribution in [2.24, 2.45) is 0 Å². The Hall–Kier alpha value is -2.63. The van der Waals surface area contributed by atoms with Crippen LogP contribution in [0.4, 0.5) is 8.78 Å². The van der Waals surface area contributed by atoms with Crippen LogP contribution in [0.1, 0.15) is 30.3 Å². The predicted octanol–water partition coefficient (Wildman–Crippen LogP) is 4.15. The summed E-state index contributed by atoms with van der Waals surface area (Å²) in [4.78, 5) is 19.9. The Labute approximate surface area is 124 Å². The third kappa shape index (κ3) is 2.47. The third-order valence-corrected chi connectivity index (χ3v) is 3.19. The molecular weight excluding hydrogens is 290 g/mol. The van der Waals surface area contributed by atoms with E-state index >= 15 is 0 Å². The molecule has 0 fully saturated rings. The van der Waals surface area contributed by atoms with Crippen LogP contribution in [0, 0.1) is 11.6 Å². The van der Waals surface area contributed by atoms with E-state index in [2.05, 4.69) is 9.97 Å². The number of ketones is 1. The van der Waals surface area contributed by atoms with Crippen molar-refractivity contribution >= 4 is 17.0 Å². The number of pyridine rings is 1. The number of nitrogens with zero attached hydrogens (tertiary/aromatic N) is 2. The highest BCUT2D eigenvalue weighted by Gasteiger charge is 2.18. The van der Waals surface area contributed by atoms with Crippen LogP contribution >= 0.6 is 0 Å². The molecule has 0 spiro atoms. The van der Waals surface area contributed by atoms with Crippen molar-refractivity contribution in [1.29, 1.82) is 0 Å². The number of halogens is 2. The zero-order valence-corrected chi connectivity index (χ0v) is 11.8. The average molecular weight is 302 g/mol. The lowest BCUT2D eigenvalue weighted by Crippen LogP contribution is -2.01. The molecule has 2 heterocycles. The molecule has 0 aliphatic heterocycles. The molecule has 0 bridgehead atoms. The van der Waals surface area contributed by atoms with Gasteiger partial charge in [-0.05, 0) is 30.7 Å². The number of aromatic nitrogens is 2. The van der Waals surface area contributed by atoms with Gasteiger partial charge in [-0.2, -0.15) is 4.98 Å². The first-order chi connectivity index (χ1) is 10.6. The highest BCUT2D eigenvalue weighted by atomic mass is 19.1. The van der Waals surface area contributed by atoms with Crippen LogP contribution in [0.15, 0.2) is 34.7 Å². The number of hydrogen-bond donors (Lipinski definition) is 0. The maximum Gasteiger partial charge on any atom is 0.234 e. The molecule has 3 aromatic rings. The van der Waals surface area contributed by atoms with E-state index in [4.69, 9.17) is 4.42 Å². The van der Waals surface area contributed by atoms with Crippen molar-refractivity contribution in [1.82, 2.24) is 9.97 Å². The summed E-state index contributed by atoms with van der Waals surface area (Å²) in [5, 5.41) is 0. The summed E-state index contributed by atoms with van der Waals surface area (Å²) in [6.45, 7) is 1.89. The van der Waals surface area contributed by atoms with Crippen LogP contribution in [-0.4, -0.2) is 15.8 Å². The van der Waals surface area contributed by atoms with Crippen molar-refractivity contribution < 1.29 is 18.0 Å². The van der Waals surface area contributed by atoms with E-state index in [1.165, 1.54) is 18.2 Å². The summed E-state index contributed by atoms with van der Waals surface area (Å²) in [6, 6.07) is 6.55. The number of rotatable bonds is 4. The lowest BCUT2D eigenvalue weighted by Gasteiger charge is -1.98. The van der Waals surface area contributed by atoms with Crippen molar-refractivity contribution in [3.05, 3.63) is 47.7 Å². The Morgan fingerprint density at radius 1 is 1.14 bits per heavy atom. The molecule has 0 saturated heterocycles. The first-order valence-corrected chi connectivity index (χ1v) is 6.85. The molecule has 0 amide bonds. The maximum absolute atomic E-state index is 13.8. The van der Waals surface area contributed by atoms with E-state index in [1.807, 2.05) is 6.92 Å². The molecule has 3 rings (SSSR count). The number of carbonyl (C=O) groups is 1. The van der Waals surface area contributed by atoms with Crippen LogP contribution < -0.4 is 0 Å². The van der Waals surface area contributed by atoms with E-state index in [9.17, 15) is 13.6 Å². The summed E-state index contributed by atoms with van der Waals surface area (Å²) < 4.78 is 32.9. The van der Waals surface area contributed by atoms with Crippen LogP contribution in [0.3, 0.4) is 0 Å². The zero-order chi connectivity index (χ0) is 15.7. The van der Waals surface area contributed by atoms with Gasteiger partial charge < -0.3 is 4.42 Å². The topological polar surface area (TPSA) is 56.0 Å². The molecule has 6 heteroatoms. The minimum Gasteiger partial charge on any atom is -0.434 e. The lowest BCUT2D eigenvalue weighted by atomic mass is 10.1. The zero-order valence-electron chi connectivity index (χ0n) is 11.8.